The van der Waals surface area contributed by atoms with Crippen LogP contribution in [0.4, 0.5) is 0 Å². The summed E-state index contributed by atoms with van der Waals surface area (Å²) in [5.41, 5.74) is 1.24. The number of guanidine groups is 1. The van der Waals surface area contributed by atoms with Gasteiger partial charge in [0.15, 0.2) is 5.96 Å². The SMILES string of the molecule is CCNC(=NCC1CCN(Cc2csc(CC)n2)CC1)NC(C)CC. The third kappa shape index (κ3) is 6.94. The Bertz CT molecular complexity index is 520. The molecule has 1 atom stereocenters. The average molecular weight is 366 g/mol. The van der Waals surface area contributed by atoms with Gasteiger partial charge < -0.3 is 10.6 Å². The average Bonchev–Trinajstić information content (AvgIpc) is 3.08. The second-order valence-electron chi connectivity index (χ2n) is 6.98. The van der Waals surface area contributed by atoms with Crippen LogP contribution in [-0.2, 0) is 13.0 Å². The molecule has 0 aliphatic carbocycles. The van der Waals surface area contributed by atoms with Gasteiger partial charge in [-0.2, -0.15) is 0 Å². The molecular formula is C19H35N5S. The summed E-state index contributed by atoms with van der Waals surface area (Å²) in [4.78, 5) is 12.0. The van der Waals surface area contributed by atoms with Crippen molar-refractivity contribution in [2.75, 3.05) is 26.2 Å². The largest absolute Gasteiger partial charge is 0.357 e. The predicted octanol–water partition coefficient (Wildman–Crippen LogP) is 3.27. The van der Waals surface area contributed by atoms with Crippen molar-refractivity contribution in [3.63, 3.8) is 0 Å². The van der Waals surface area contributed by atoms with Crippen molar-refractivity contribution in [1.82, 2.24) is 20.5 Å². The molecule has 5 nitrogen and oxygen atoms in total. The summed E-state index contributed by atoms with van der Waals surface area (Å²) >= 11 is 1.79. The molecule has 1 aliphatic rings. The lowest BCUT2D eigenvalue weighted by Gasteiger charge is -2.30. The van der Waals surface area contributed by atoms with Crippen LogP contribution in [0.3, 0.4) is 0 Å². The number of aromatic nitrogens is 1. The first-order valence-electron chi connectivity index (χ1n) is 9.85. The maximum Gasteiger partial charge on any atom is 0.191 e. The number of likely N-dealkylation sites (tertiary alicyclic amines) is 1. The van der Waals surface area contributed by atoms with E-state index in [0.29, 0.717) is 12.0 Å². The molecule has 1 unspecified atom stereocenters. The zero-order valence-corrected chi connectivity index (χ0v) is 17.2. The number of hydrogen-bond donors (Lipinski definition) is 2. The monoisotopic (exact) mass is 365 g/mol. The Labute approximate surface area is 157 Å². The lowest BCUT2D eigenvalue weighted by molar-refractivity contribution is 0.179. The molecule has 0 saturated carbocycles. The fourth-order valence-corrected chi connectivity index (χ4v) is 3.75. The van der Waals surface area contributed by atoms with Crippen LogP contribution in [0.25, 0.3) is 0 Å². The Morgan fingerprint density at radius 2 is 2.12 bits per heavy atom. The maximum absolute atomic E-state index is 4.81. The molecule has 0 spiro atoms. The second-order valence-corrected chi connectivity index (χ2v) is 7.92. The molecule has 0 amide bonds. The Balaban J connectivity index is 1.75. The predicted molar refractivity (Wildman–Crippen MR) is 108 cm³/mol. The molecule has 2 heterocycles. The van der Waals surface area contributed by atoms with E-state index in [9.17, 15) is 0 Å². The van der Waals surface area contributed by atoms with E-state index >= 15 is 0 Å². The first-order chi connectivity index (χ1) is 12.1. The topological polar surface area (TPSA) is 52.6 Å². The Kier molecular flexibility index (Phi) is 8.68. The maximum atomic E-state index is 4.81. The van der Waals surface area contributed by atoms with Crippen LogP contribution >= 0.6 is 11.3 Å². The van der Waals surface area contributed by atoms with Crippen molar-refractivity contribution in [2.45, 2.75) is 66.0 Å². The number of aliphatic imine (C=N–C) groups is 1. The first-order valence-corrected chi connectivity index (χ1v) is 10.7. The van der Waals surface area contributed by atoms with Gasteiger partial charge in [0.2, 0.25) is 0 Å². The zero-order chi connectivity index (χ0) is 18.1. The summed E-state index contributed by atoms with van der Waals surface area (Å²) in [5.74, 6) is 1.67. The summed E-state index contributed by atoms with van der Waals surface area (Å²) in [7, 11) is 0. The van der Waals surface area contributed by atoms with E-state index in [1.807, 2.05) is 0 Å². The zero-order valence-electron chi connectivity index (χ0n) is 16.3. The number of rotatable bonds is 8. The smallest absolute Gasteiger partial charge is 0.191 e. The molecule has 142 valence electrons. The minimum atomic E-state index is 0.464. The summed E-state index contributed by atoms with van der Waals surface area (Å²) in [5, 5.41) is 10.3. The van der Waals surface area contributed by atoms with Crippen molar-refractivity contribution in [2.24, 2.45) is 10.9 Å². The lowest BCUT2D eigenvalue weighted by atomic mass is 9.97. The third-order valence-electron chi connectivity index (χ3n) is 4.84. The van der Waals surface area contributed by atoms with Gasteiger partial charge in [-0.25, -0.2) is 4.98 Å². The van der Waals surface area contributed by atoms with Crippen LogP contribution < -0.4 is 10.6 Å². The van der Waals surface area contributed by atoms with Gasteiger partial charge in [-0.1, -0.05) is 13.8 Å². The summed E-state index contributed by atoms with van der Waals surface area (Å²) < 4.78 is 0. The molecule has 6 heteroatoms. The van der Waals surface area contributed by atoms with Crippen LogP contribution in [0.1, 0.15) is 57.7 Å². The molecule has 0 radical (unpaired) electrons. The fourth-order valence-electron chi connectivity index (χ4n) is 3.02. The summed E-state index contributed by atoms with van der Waals surface area (Å²) in [6.45, 7) is 13.9. The number of hydrogen-bond acceptors (Lipinski definition) is 4. The van der Waals surface area contributed by atoms with Gasteiger partial charge in [-0.3, -0.25) is 9.89 Å². The van der Waals surface area contributed by atoms with E-state index in [1.54, 1.807) is 11.3 Å². The third-order valence-corrected chi connectivity index (χ3v) is 5.88. The van der Waals surface area contributed by atoms with Crippen LogP contribution in [0.5, 0.6) is 0 Å². The molecule has 1 aromatic rings. The minimum absolute atomic E-state index is 0.464. The van der Waals surface area contributed by atoms with Gasteiger partial charge in [0, 0.05) is 31.1 Å². The van der Waals surface area contributed by atoms with Crippen LogP contribution in [0, 0.1) is 5.92 Å². The van der Waals surface area contributed by atoms with E-state index in [1.165, 1.54) is 23.5 Å². The summed E-state index contributed by atoms with van der Waals surface area (Å²) in [6.07, 6.45) is 4.62. The number of piperidine rings is 1. The number of thiazole rings is 1. The van der Waals surface area contributed by atoms with Crippen molar-refractivity contribution >= 4 is 17.3 Å². The second kappa shape index (κ2) is 10.8. The molecule has 1 saturated heterocycles. The number of nitrogens with one attached hydrogen (secondary N) is 2. The van der Waals surface area contributed by atoms with Crippen LogP contribution in [-0.4, -0.2) is 48.1 Å². The molecule has 2 rings (SSSR count). The van der Waals surface area contributed by atoms with E-state index in [2.05, 4.69) is 48.6 Å². The minimum Gasteiger partial charge on any atom is -0.357 e. The lowest BCUT2D eigenvalue weighted by Crippen LogP contribution is -2.42. The van der Waals surface area contributed by atoms with Crippen molar-refractivity contribution in [3.05, 3.63) is 16.1 Å². The van der Waals surface area contributed by atoms with Gasteiger partial charge in [0.25, 0.3) is 0 Å². The highest BCUT2D eigenvalue weighted by atomic mass is 32.1. The molecule has 1 fully saturated rings. The highest BCUT2D eigenvalue weighted by Crippen LogP contribution is 2.20. The molecule has 25 heavy (non-hydrogen) atoms. The van der Waals surface area contributed by atoms with E-state index in [4.69, 9.17) is 9.98 Å². The fraction of sp³-hybridized carbons (Fsp3) is 0.789. The molecular weight excluding hydrogens is 330 g/mol. The molecule has 1 aromatic heterocycles. The Morgan fingerprint density at radius 1 is 1.36 bits per heavy atom. The highest BCUT2D eigenvalue weighted by Gasteiger charge is 2.20. The van der Waals surface area contributed by atoms with Gasteiger partial charge >= 0.3 is 0 Å². The van der Waals surface area contributed by atoms with Gasteiger partial charge in [0.1, 0.15) is 0 Å². The highest BCUT2D eigenvalue weighted by molar-refractivity contribution is 7.09. The molecule has 1 aliphatic heterocycles. The van der Waals surface area contributed by atoms with E-state index < -0.39 is 0 Å². The molecule has 0 bridgehead atoms. The van der Waals surface area contributed by atoms with Gasteiger partial charge in [-0.05, 0) is 58.5 Å². The van der Waals surface area contributed by atoms with Crippen molar-refractivity contribution in [3.8, 4) is 0 Å². The standard InChI is InChI=1S/C19H35N5S/c1-5-15(4)22-19(20-7-3)21-12-16-8-10-24(11-9-16)13-17-14-25-18(6-2)23-17/h14-16H,5-13H2,1-4H3,(H2,20,21,22). The first kappa shape index (κ1) is 20.2. The molecule has 2 N–H and O–H groups in total. The normalized spacial score (nSPS) is 18.3. The van der Waals surface area contributed by atoms with E-state index in [0.717, 1.165) is 51.5 Å². The van der Waals surface area contributed by atoms with Gasteiger partial charge in [-0.15, -0.1) is 11.3 Å². The molecule has 0 aromatic carbocycles. The number of nitrogens with zero attached hydrogens (tertiary/aromatic N) is 3. The number of aryl methyl sites for hydroxylation is 1. The summed E-state index contributed by atoms with van der Waals surface area (Å²) in [6, 6.07) is 0.464. The van der Waals surface area contributed by atoms with Crippen molar-refractivity contribution in [1.29, 1.82) is 0 Å². The Morgan fingerprint density at radius 3 is 2.72 bits per heavy atom. The van der Waals surface area contributed by atoms with E-state index in [-0.39, 0.29) is 0 Å². The quantitative estimate of drug-likeness (QED) is 0.548. The van der Waals surface area contributed by atoms with Gasteiger partial charge in [0.05, 0.1) is 10.7 Å². The van der Waals surface area contributed by atoms with Crippen molar-refractivity contribution < 1.29 is 0 Å². The van der Waals surface area contributed by atoms with Crippen LogP contribution in [0.15, 0.2) is 10.4 Å². The Hall–Kier alpha value is -1.14. The van der Waals surface area contributed by atoms with Crippen LogP contribution in [0.2, 0.25) is 0 Å².